The van der Waals surface area contributed by atoms with E-state index in [1.165, 1.54) is 25.3 Å². The van der Waals surface area contributed by atoms with Gasteiger partial charge in [-0.1, -0.05) is 38.7 Å². The van der Waals surface area contributed by atoms with Crippen LogP contribution in [0.4, 0.5) is 5.69 Å². The zero-order chi connectivity index (χ0) is 14.1. The molecule has 0 radical (unpaired) electrons. The largest absolute Gasteiger partial charge is 0.487 e. The third-order valence-electron chi connectivity index (χ3n) is 2.91. The van der Waals surface area contributed by atoms with Crippen LogP contribution in [-0.4, -0.2) is 16.6 Å². The Balaban J connectivity index is 2.50. The van der Waals surface area contributed by atoms with Crippen molar-refractivity contribution in [3.05, 3.63) is 33.9 Å². The van der Waals surface area contributed by atoms with E-state index in [0.29, 0.717) is 12.2 Å². The molecule has 0 atom stereocenters. The highest BCUT2D eigenvalue weighted by Gasteiger charge is 2.15. The monoisotopic (exact) mass is 267 g/mol. The number of rotatable bonds is 9. The summed E-state index contributed by atoms with van der Waals surface area (Å²) >= 11 is 0. The van der Waals surface area contributed by atoms with Crippen LogP contribution in [0.25, 0.3) is 0 Å². The molecule has 1 aromatic rings. The van der Waals surface area contributed by atoms with Crippen molar-refractivity contribution in [3.8, 4) is 5.75 Å². The summed E-state index contributed by atoms with van der Waals surface area (Å²) in [6.07, 6.45) is 5.56. The first-order chi connectivity index (χ1) is 9.19. The molecule has 19 heavy (non-hydrogen) atoms. The number of nitrogens with zero attached hydrogens (tertiary/aromatic N) is 1. The van der Waals surface area contributed by atoms with E-state index in [2.05, 4.69) is 6.92 Å². The van der Waals surface area contributed by atoms with Crippen molar-refractivity contribution < 1.29 is 14.8 Å². The minimum absolute atomic E-state index is 0.0832. The van der Waals surface area contributed by atoms with Crippen LogP contribution in [0.15, 0.2) is 18.2 Å². The van der Waals surface area contributed by atoms with E-state index < -0.39 is 4.92 Å². The smallest absolute Gasteiger partial charge is 0.311 e. The van der Waals surface area contributed by atoms with E-state index >= 15 is 0 Å². The van der Waals surface area contributed by atoms with E-state index in [0.717, 1.165) is 12.8 Å². The molecule has 0 saturated heterocycles. The molecule has 1 N–H and O–H groups in total. The van der Waals surface area contributed by atoms with Gasteiger partial charge in [0.2, 0.25) is 0 Å². The summed E-state index contributed by atoms with van der Waals surface area (Å²) in [5.74, 6) is 0.276. The molecule has 0 aliphatic rings. The molecular formula is C14H21NO4. The average Bonchev–Trinajstić information content (AvgIpc) is 2.42. The fourth-order valence-electron chi connectivity index (χ4n) is 1.81. The number of aliphatic hydroxyl groups excluding tert-OH is 1. The van der Waals surface area contributed by atoms with Crippen molar-refractivity contribution in [2.45, 2.75) is 45.6 Å². The van der Waals surface area contributed by atoms with Crippen molar-refractivity contribution in [1.82, 2.24) is 0 Å². The maximum absolute atomic E-state index is 10.9. The second kappa shape index (κ2) is 8.48. The van der Waals surface area contributed by atoms with Gasteiger partial charge in [0.25, 0.3) is 0 Å². The number of aliphatic hydroxyl groups is 1. The summed E-state index contributed by atoms with van der Waals surface area (Å²) < 4.78 is 5.45. The van der Waals surface area contributed by atoms with Gasteiger partial charge < -0.3 is 9.84 Å². The SMILES string of the molecule is CCCCCCCOc1ccc(CO)cc1[N+](=O)[O-]. The fraction of sp³-hybridized carbons (Fsp3) is 0.571. The predicted octanol–water partition coefficient (Wildman–Crippen LogP) is 3.44. The van der Waals surface area contributed by atoms with Crippen molar-refractivity contribution in [2.24, 2.45) is 0 Å². The van der Waals surface area contributed by atoms with Gasteiger partial charge in [-0.25, -0.2) is 0 Å². The molecule has 0 aromatic heterocycles. The first-order valence-electron chi connectivity index (χ1n) is 6.70. The van der Waals surface area contributed by atoms with E-state index in [1.807, 2.05) is 0 Å². The first-order valence-corrected chi connectivity index (χ1v) is 6.70. The fourth-order valence-corrected chi connectivity index (χ4v) is 1.81. The third-order valence-corrected chi connectivity index (χ3v) is 2.91. The lowest BCUT2D eigenvalue weighted by Crippen LogP contribution is -2.01. The lowest BCUT2D eigenvalue weighted by molar-refractivity contribution is -0.386. The van der Waals surface area contributed by atoms with Crippen molar-refractivity contribution in [3.63, 3.8) is 0 Å². The standard InChI is InChI=1S/C14H21NO4/c1-2-3-4-5-6-9-19-14-8-7-12(11-16)10-13(14)15(17)18/h7-8,10,16H,2-6,9,11H2,1H3. The number of hydrogen-bond acceptors (Lipinski definition) is 4. The van der Waals surface area contributed by atoms with Gasteiger partial charge in [-0.05, 0) is 18.1 Å². The molecule has 0 bridgehead atoms. The quantitative estimate of drug-likeness (QED) is 0.422. The molecule has 0 aliphatic heterocycles. The average molecular weight is 267 g/mol. The summed E-state index contributed by atoms with van der Waals surface area (Å²) in [5, 5.41) is 19.9. The molecule has 1 rings (SSSR count). The number of ether oxygens (including phenoxy) is 1. The number of hydrogen-bond donors (Lipinski definition) is 1. The molecule has 106 valence electrons. The Kier molecular flexibility index (Phi) is 6.89. The normalized spacial score (nSPS) is 10.4. The zero-order valence-electron chi connectivity index (χ0n) is 11.3. The van der Waals surface area contributed by atoms with E-state index in [9.17, 15) is 10.1 Å². The highest BCUT2D eigenvalue weighted by atomic mass is 16.6. The highest BCUT2D eigenvalue weighted by molar-refractivity contribution is 5.48. The van der Waals surface area contributed by atoms with Crippen LogP contribution in [0, 0.1) is 10.1 Å². The summed E-state index contributed by atoms with van der Waals surface area (Å²) in [4.78, 5) is 10.4. The second-order valence-electron chi connectivity index (χ2n) is 4.48. The Morgan fingerprint density at radius 2 is 2.00 bits per heavy atom. The molecule has 0 heterocycles. The molecule has 5 nitrogen and oxygen atoms in total. The first kappa shape index (κ1) is 15.4. The molecule has 0 spiro atoms. The van der Waals surface area contributed by atoms with Crippen LogP contribution in [0.5, 0.6) is 5.75 Å². The number of nitro groups is 1. The molecule has 0 fully saturated rings. The second-order valence-corrected chi connectivity index (χ2v) is 4.48. The molecule has 0 unspecified atom stereocenters. The molecule has 0 aliphatic carbocycles. The minimum Gasteiger partial charge on any atom is -0.487 e. The number of unbranched alkanes of at least 4 members (excludes halogenated alkanes) is 4. The molecule has 0 saturated carbocycles. The summed E-state index contributed by atoms with van der Waals surface area (Å²) in [7, 11) is 0. The van der Waals surface area contributed by atoms with E-state index in [1.54, 1.807) is 12.1 Å². The zero-order valence-corrected chi connectivity index (χ0v) is 11.3. The topological polar surface area (TPSA) is 72.6 Å². The van der Waals surface area contributed by atoms with E-state index in [-0.39, 0.29) is 18.0 Å². The highest BCUT2D eigenvalue weighted by Crippen LogP contribution is 2.28. The minimum atomic E-state index is -0.481. The van der Waals surface area contributed by atoms with Gasteiger partial charge in [-0.15, -0.1) is 0 Å². The van der Waals surface area contributed by atoms with Crippen LogP contribution in [0.3, 0.4) is 0 Å². The Bertz CT molecular complexity index is 406. The van der Waals surface area contributed by atoms with Gasteiger partial charge in [0.15, 0.2) is 5.75 Å². The van der Waals surface area contributed by atoms with Crippen molar-refractivity contribution in [1.29, 1.82) is 0 Å². The number of benzene rings is 1. The Morgan fingerprint density at radius 3 is 2.63 bits per heavy atom. The Morgan fingerprint density at radius 1 is 1.26 bits per heavy atom. The third kappa shape index (κ3) is 5.26. The van der Waals surface area contributed by atoms with E-state index in [4.69, 9.17) is 9.84 Å². The molecule has 1 aromatic carbocycles. The van der Waals surface area contributed by atoms with Crippen LogP contribution in [0.1, 0.15) is 44.6 Å². The summed E-state index contributed by atoms with van der Waals surface area (Å²) in [6.45, 7) is 2.43. The number of nitro benzene ring substituents is 1. The van der Waals surface area contributed by atoms with Crippen molar-refractivity contribution in [2.75, 3.05) is 6.61 Å². The summed E-state index contributed by atoms with van der Waals surface area (Å²) in [6, 6.07) is 4.54. The van der Waals surface area contributed by atoms with Gasteiger partial charge >= 0.3 is 5.69 Å². The molecule has 0 amide bonds. The van der Waals surface area contributed by atoms with Gasteiger partial charge in [-0.2, -0.15) is 0 Å². The summed E-state index contributed by atoms with van der Waals surface area (Å²) in [5.41, 5.74) is 0.433. The Hall–Kier alpha value is -1.62. The van der Waals surface area contributed by atoms with Crippen LogP contribution in [0.2, 0.25) is 0 Å². The van der Waals surface area contributed by atoms with Crippen LogP contribution in [-0.2, 0) is 6.61 Å². The maximum atomic E-state index is 10.9. The Labute approximate surface area is 113 Å². The van der Waals surface area contributed by atoms with Gasteiger partial charge in [-0.3, -0.25) is 10.1 Å². The van der Waals surface area contributed by atoms with Crippen LogP contribution < -0.4 is 4.74 Å². The van der Waals surface area contributed by atoms with Gasteiger partial charge in [0, 0.05) is 6.07 Å². The van der Waals surface area contributed by atoms with Crippen LogP contribution >= 0.6 is 0 Å². The van der Waals surface area contributed by atoms with Gasteiger partial charge in [0.05, 0.1) is 18.1 Å². The lowest BCUT2D eigenvalue weighted by Gasteiger charge is -2.07. The molecular weight excluding hydrogens is 246 g/mol. The predicted molar refractivity (Wildman–Crippen MR) is 73.3 cm³/mol. The maximum Gasteiger partial charge on any atom is 0.311 e. The van der Waals surface area contributed by atoms with Crippen molar-refractivity contribution >= 4 is 5.69 Å². The molecule has 5 heteroatoms. The van der Waals surface area contributed by atoms with Gasteiger partial charge in [0.1, 0.15) is 0 Å². The lowest BCUT2D eigenvalue weighted by atomic mass is 10.1.